The molecule has 1 aromatic carbocycles. The highest BCUT2D eigenvalue weighted by atomic mass is 15.2. The minimum absolute atomic E-state index is 0.318. The number of nitrogens with two attached hydrogens (primary N) is 1. The zero-order chi connectivity index (χ0) is 12.1. The van der Waals surface area contributed by atoms with Crippen molar-refractivity contribution in [1.29, 1.82) is 0 Å². The van der Waals surface area contributed by atoms with Crippen molar-refractivity contribution in [1.82, 2.24) is 5.43 Å². The van der Waals surface area contributed by atoms with Gasteiger partial charge in [0.1, 0.15) is 0 Å². The number of hydrogen-bond acceptors (Lipinski definition) is 2. The van der Waals surface area contributed by atoms with Crippen LogP contribution in [0.1, 0.15) is 55.7 Å². The van der Waals surface area contributed by atoms with Crippen LogP contribution in [0.3, 0.4) is 0 Å². The van der Waals surface area contributed by atoms with E-state index in [2.05, 4.69) is 36.6 Å². The second kappa shape index (κ2) is 6.18. The molecule has 0 bridgehead atoms. The van der Waals surface area contributed by atoms with Crippen LogP contribution in [-0.2, 0) is 0 Å². The summed E-state index contributed by atoms with van der Waals surface area (Å²) < 4.78 is 0. The lowest BCUT2D eigenvalue weighted by Crippen LogP contribution is -2.30. The van der Waals surface area contributed by atoms with Crippen molar-refractivity contribution in [3.05, 3.63) is 35.4 Å². The Morgan fingerprint density at radius 2 is 2.06 bits per heavy atom. The summed E-state index contributed by atoms with van der Waals surface area (Å²) >= 11 is 0. The third kappa shape index (κ3) is 3.55. The van der Waals surface area contributed by atoms with E-state index < -0.39 is 0 Å². The van der Waals surface area contributed by atoms with Crippen LogP contribution < -0.4 is 11.3 Å². The quantitative estimate of drug-likeness (QED) is 0.616. The molecule has 0 saturated heterocycles. The second-order valence-corrected chi connectivity index (χ2v) is 5.37. The molecule has 3 N–H and O–H groups in total. The van der Waals surface area contributed by atoms with Crippen molar-refractivity contribution in [3.8, 4) is 0 Å². The predicted octanol–water partition coefficient (Wildman–Crippen LogP) is 3.47. The molecule has 1 unspecified atom stereocenters. The lowest BCUT2D eigenvalue weighted by molar-refractivity contribution is 0.301. The van der Waals surface area contributed by atoms with Gasteiger partial charge in [-0.15, -0.1) is 0 Å². The lowest BCUT2D eigenvalue weighted by atomic mass is 9.83. The lowest BCUT2D eigenvalue weighted by Gasteiger charge is -2.26. The molecule has 1 saturated carbocycles. The van der Waals surface area contributed by atoms with E-state index >= 15 is 0 Å². The molecule has 17 heavy (non-hydrogen) atoms. The van der Waals surface area contributed by atoms with Crippen molar-refractivity contribution < 1.29 is 0 Å². The maximum Gasteiger partial charge on any atom is 0.0462 e. The molecule has 1 fully saturated rings. The van der Waals surface area contributed by atoms with Crippen LogP contribution in [-0.4, -0.2) is 0 Å². The number of rotatable bonds is 4. The van der Waals surface area contributed by atoms with Gasteiger partial charge < -0.3 is 0 Å². The maximum atomic E-state index is 5.72. The standard InChI is InChI=1S/C15H24N2/c1-12-6-5-9-14(10-12)15(17-16)11-13-7-3-2-4-8-13/h5-6,9-10,13,15,17H,2-4,7-8,11,16H2,1H3. The van der Waals surface area contributed by atoms with E-state index in [1.54, 1.807) is 0 Å². The van der Waals surface area contributed by atoms with E-state index in [-0.39, 0.29) is 0 Å². The van der Waals surface area contributed by atoms with Gasteiger partial charge in [0.05, 0.1) is 0 Å². The number of aryl methyl sites for hydroxylation is 1. The van der Waals surface area contributed by atoms with Crippen molar-refractivity contribution >= 4 is 0 Å². The van der Waals surface area contributed by atoms with Crippen LogP contribution in [0, 0.1) is 12.8 Å². The zero-order valence-electron chi connectivity index (χ0n) is 10.8. The van der Waals surface area contributed by atoms with E-state index in [0.29, 0.717) is 6.04 Å². The van der Waals surface area contributed by atoms with E-state index in [4.69, 9.17) is 5.84 Å². The third-order valence-corrected chi connectivity index (χ3v) is 3.94. The van der Waals surface area contributed by atoms with Gasteiger partial charge in [-0.25, -0.2) is 0 Å². The molecule has 1 aromatic rings. The van der Waals surface area contributed by atoms with E-state index in [0.717, 1.165) is 5.92 Å². The van der Waals surface area contributed by atoms with Crippen LogP contribution in [0.5, 0.6) is 0 Å². The van der Waals surface area contributed by atoms with Crippen molar-refractivity contribution in [2.75, 3.05) is 0 Å². The van der Waals surface area contributed by atoms with Gasteiger partial charge in [-0.3, -0.25) is 11.3 Å². The molecule has 2 nitrogen and oxygen atoms in total. The molecule has 2 rings (SSSR count). The largest absolute Gasteiger partial charge is 0.271 e. The molecule has 1 atom stereocenters. The minimum Gasteiger partial charge on any atom is -0.271 e. The molecule has 0 aromatic heterocycles. The Morgan fingerprint density at radius 1 is 1.29 bits per heavy atom. The van der Waals surface area contributed by atoms with Crippen LogP contribution >= 0.6 is 0 Å². The first-order chi connectivity index (χ1) is 8.29. The van der Waals surface area contributed by atoms with Gasteiger partial charge in [-0.05, 0) is 24.8 Å². The van der Waals surface area contributed by atoms with Gasteiger partial charge in [-0.2, -0.15) is 0 Å². The van der Waals surface area contributed by atoms with Gasteiger partial charge in [-0.1, -0.05) is 61.9 Å². The number of hydrazine groups is 1. The highest BCUT2D eigenvalue weighted by Gasteiger charge is 2.19. The summed E-state index contributed by atoms with van der Waals surface area (Å²) in [4.78, 5) is 0. The van der Waals surface area contributed by atoms with Crippen LogP contribution in [0.4, 0.5) is 0 Å². The Hall–Kier alpha value is -0.860. The van der Waals surface area contributed by atoms with Crippen molar-refractivity contribution in [2.24, 2.45) is 11.8 Å². The Labute approximate surface area is 105 Å². The van der Waals surface area contributed by atoms with Gasteiger partial charge in [0.2, 0.25) is 0 Å². The molecule has 0 amide bonds. The normalized spacial score (nSPS) is 19.2. The van der Waals surface area contributed by atoms with Gasteiger partial charge in [0.25, 0.3) is 0 Å². The highest BCUT2D eigenvalue weighted by molar-refractivity contribution is 5.25. The third-order valence-electron chi connectivity index (χ3n) is 3.94. The Kier molecular flexibility index (Phi) is 4.57. The van der Waals surface area contributed by atoms with E-state index in [1.165, 1.54) is 49.7 Å². The molecule has 0 aliphatic heterocycles. The van der Waals surface area contributed by atoms with Crippen molar-refractivity contribution in [3.63, 3.8) is 0 Å². The monoisotopic (exact) mass is 232 g/mol. The molecule has 1 aliphatic rings. The second-order valence-electron chi connectivity index (χ2n) is 5.37. The maximum absolute atomic E-state index is 5.72. The van der Waals surface area contributed by atoms with Crippen LogP contribution in [0.2, 0.25) is 0 Å². The molecule has 0 spiro atoms. The van der Waals surface area contributed by atoms with Crippen LogP contribution in [0.15, 0.2) is 24.3 Å². The topological polar surface area (TPSA) is 38.0 Å². The fourth-order valence-corrected chi connectivity index (χ4v) is 2.94. The Morgan fingerprint density at radius 3 is 2.71 bits per heavy atom. The smallest absolute Gasteiger partial charge is 0.0462 e. The first-order valence-electron chi connectivity index (χ1n) is 6.82. The molecular weight excluding hydrogens is 208 g/mol. The zero-order valence-corrected chi connectivity index (χ0v) is 10.8. The number of hydrogen-bond donors (Lipinski definition) is 2. The van der Waals surface area contributed by atoms with Gasteiger partial charge in [0, 0.05) is 6.04 Å². The number of nitrogens with one attached hydrogen (secondary N) is 1. The molecular formula is C15H24N2. The molecule has 1 aliphatic carbocycles. The summed E-state index contributed by atoms with van der Waals surface area (Å²) in [5.41, 5.74) is 5.64. The van der Waals surface area contributed by atoms with Crippen LogP contribution in [0.25, 0.3) is 0 Å². The first-order valence-corrected chi connectivity index (χ1v) is 6.82. The molecule has 94 valence electrons. The molecule has 2 heteroatoms. The van der Waals surface area contributed by atoms with E-state index in [9.17, 15) is 0 Å². The summed E-state index contributed by atoms with van der Waals surface area (Å²) in [6, 6.07) is 9.00. The average molecular weight is 232 g/mol. The highest BCUT2D eigenvalue weighted by Crippen LogP contribution is 2.31. The summed E-state index contributed by atoms with van der Waals surface area (Å²) in [5, 5.41) is 0. The summed E-state index contributed by atoms with van der Waals surface area (Å²) in [6.45, 7) is 2.14. The average Bonchev–Trinajstić information content (AvgIpc) is 2.37. The van der Waals surface area contributed by atoms with Gasteiger partial charge >= 0.3 is 0 Å². The minimum atomic E-state index is 0.318. The van der Waals surface area contributed by atoms with Gasteiger partial charge in [0.15, 0.2) is 0 Å². The predicted molar refractivity (Wildman–Crippen MR) is 72.4 cm³/mol. The molecule has 0 radical (unpaired) electrons. The van der Waals surface area contributed by atoms with E-state index in [1.807, 2.05) is 0 Å². The SMILES string of the molecule is Cc1cccc(C(CC2CCCCC2)NN)c1. The Bertz CT molecular complexity index is 343. The summed E-state index contributed by atoms with van der Waals surface area (Å²) in [6.07, 6.45) is 8.15. The summed E-state index contributed by atoms with van der Waals surface area (Å²) in [5.74, 6) is 6.57. The van der Waals surface area contributed by atoms with Crippen molar-refractivity contribution in [2.45, 2.75) is 51.5 Å². The fourth-order valence-electron chi connectivity index (χ4n) is 2.94. The summed E-state index contributed by atoms with van der Waals surface area (Å²) in [7, 11) is 0. The number of benzene rings is 1. The Balaban J connectivity index is 2.00. The first kappa shape index (κ1) is 12.6. The molecule has 0 heterocycles. The fraction of sp³-hybridized carbons (Fsp3) is 0.600.